The van der Waals surface area contributed by atoms with Gasteiger partial charge in [-0.25, -0.2) is 0 Å². The van der Waals surface area contributed by atoms with Crippen LogP contribution < -0.4 is 4.90 Å². The minimum atomic E-state index is -0.0818. The van der Waals surface area contributed by atoms with Crippen LogP contribution in [0.3, 0.4) is 0 Å². The summed E-state index contributed by atoms with van der Waals surface area (Å²) < 4.78 is 11.2. The maximum absolute atomic E-state index is 12.0. The Morgan fingerprint density at radius 1 is 1.32 bits per heavy atom. The lowest BCUT2D eigenvalue weighted by atomic mass is 10.2. The lowest BCUT2D eigenvalue weighted by molar-refractivity contribution is -0.160. The van der Waals surface area contributed by atoms with E-state index in [-0.39, 0.29) is 12.2 Å². The van der Waals surface area contributed by atoms with Crippen molar-refractivity contribution in [1.29, 1.82) is 0 Å². The number of hydrogen-bond donors (Lipinski definition) is 0. The van der Waals surface area contributed by atoms with Crippen molar-refractivity contribution in [1.82, 2.24) is 0 Å². The SMILES string of the molecule is O=C1Cc2ccccc2N1CCOC1CCCCO1. The Morgan fingerprint density at radius 3 is 3.05 bits per heavy atom. The lowest BCUT2D eigenvalue weighted by Crippen LogP contribution is -2.32. The van der Waals surface area contributed by atoms with Crippen molar-refractivity contribution >= 4 is 11.6 Å². The van der Waals surface area contributed by atoms with Crippen LogP contribution in [0, 0.1) is 0 Å². The maximum atomic E-state index is 12.0. The molecule has 1 aromatic carbocycles. The molecule has 0 radical (unpaired) electrons. The Bertz CT molecular complexity index is 454. The average Bonchev–Trinajstić information content (AvgIpc) is 2.76. The van der Waals surface area contributed by atoms with Gasteiger partial charge in [-0.05, 0) is 30.9 Å². The summed E-state index contributed by atoms with van der Waals surface area (Å²) in [6.45, 7) is 1.93. The minimum absolute atomic E-state index is 0.0818. The first kappa shape index (κ1) is 12.6. The summed E-state index contributed by atoms with van der Waals surface area (Å²) in [5.74, 6) is 0.161. The zero-order valence-corrected chi connectivity index (χ0v) is 11.0. The zero-order valence-electron chi connectivity index (χ0n) is 11.0. The smallest absolute Gasteiger partial charge is 0.231 e. The van der Waals surface area contributed by atoms with E-state index in [1.54, 1.807) is 0 Å². The molecule has 0 spiro atoms. The summed E-state index contributed by atoms with van der Waals surface area (Å²) in [6.07, 6.45) is 3.68. The minimum Gasteiger partial charge on any atom is -0.353 e. The van der Waals surface area contributed by atoms with E-state index in [1.165, 1.54) is 0 Å². The molecule has 0 saturated carbocycles. The topological polar surface area (TPSA) is 38.8 Å². The van der Waals surface area contributed by atoms with Crippen LogP contribution in [-0.4, -0.2) is 32.0 Å². The fraction of sp³-hybridized carbons (Fsp3) is 0.533. The number of nitrogens with zero attached hydrogens (tertiary/aromatic N) is 1. The van der Waals surface area contributed by atoms with Crippen LogP contribution >= 0.6 is 0 Å². The number of ether oxygens (including phenoxy) is 2. The van der Waals surface area contributed by atoms with Gasteiger partial charge in [-0.3, -0.25) is 4.79 Å². The maximum Gasteiger partial charge on any atom is 0.231 e. The summed E-state index contributed by atoms with van der Waals surface area (Å²) in [5, 5.41) is 0. The number of amides is 1. The Morgan fingerprint density at radius 2 is 2.21 bits per heavy atom. The van der Waals surface area contributed by atoms with Crippen molar-refractivity contribution in [2.24, 2.45) is 0 Å². The van der Waals surface area contributed by atoms with Gasteiger partial charge >= 0.3 is 0 Å². The van der Waals surface area contributed by atoms with Crippen molar-refractivity contribution in [2.75, 3.05) is 24.7 Å². The number of anilines is 1. The van der Waals surface area contributed by atoms with Gasteiger partial charge in [0, 0.05) is 18.8 Å². The molecule has 2 heterocycles. The van der Waals surface area contributed by atoms with Crippen molar-refractivity contribution in [2.45, 2.75) is 32.0 Å². The van der Waals surface area contributed by atoms with Crippen LogP contribution in [0.15, 0.2) is 24.3 Å². The molecule has 102 valence electrons. The van der Waals surface area contributed by atoms with Gasteiger partial charge in [0.05, 0.1) is 13.0 Å². The molecule has 0 aliphatic carbocycles. The standard InChI is InChI=1S/C15H19NO3/c17-14-11-12-5-1-2-6-13(12)16(14)8-10-19-15-7-3-4-9-18-15/h1-2,5-6,15H,3-4,7-11H2. The van der Waals surface area contributed by atoms with Crippen LogP contribution in [0.1, 0.15) is 24.8 Å². The van der Waals surface area contributed by atoms with Gasteiger partial charge in [-0.2, -0.15) is 0 Å². The van der Waals surface area contributed by atoms with Crippen LogP contribution in [0.5, 0.6) is 0 Å². The Labute approximate surface area is 113 Å². The van der Waals surface area contributed by atoms with Gasteiger partial charge in [0.1, 0.15) is 0 Å². The quantitative estimate of drug-likeness (QED) is 0.833. The zero-order chi connectivity index (χ0) is 13.1. The molecule has 0 N–H and O–H groups in total. The Balaban J connectivity index is 1.54. The molecule has 1 aromatic rings. The van der Waals surface area contributed by atoms with E-state index in [1.807, 2.05) is 29.2 Å². The molecule has 19 heavy (non-hydrogen) atoms. The summed E-state index contributed by atoms with van der Waals surface area (Å²) in [4.78, 5) is 13.8. The van der Waals surface area contributed by atoms with E-state index in [2.05, 4.69) is 0 Å². The third-order valence-corrected chi connectivity index (χ3v) is 3.68. The second-order valence-corrected chi connectivity index (χ2v) is 5.02. The summed E-state index contributed by atoms with van der Waals surface area (Å²) in [7, 11) is 0. The largest absolute Gasteiger partial charge is 0.353 e. The first-order valence-electron chi connectivity index (χ1n) is 6.96. The molecule has 3 rings (SSSR count). The molecule has 1 saturated heterocycles. The highest BCUT2D eigenvalue weighted by molar-refractivity contribution is 6.01. The molecule has 1 unspecified atom stereocenters. The molecule has 2 aliphatic heterocycles. The summed E-state index contributed by atoms with van der Waals surface area (Å²) >= 11 is 0. The molecule has 0 aromatic heterocycles. The Hall–Kier alpha value is -1.39. The normalized spacial score (nSPS) is 22.6. The predicted octanol–water partition coefficient (Wildman–Crippen LogP) is 2.12. The van der Waals surface area contributed by atoms with E-state index >= 15 is 0 Å². The van der Waals surface area contributed by atoms with E-state index in [4.69, 9.17) is 9.47 Å². The highest BCUT2D eigenvalue weighted by atomic mass is 16.7. The fourth-order valence-corrected chi connectivity index (χ4v) is 2.68. The fourth-order valence-electron chi connectivity index (χ4n) is 2.68. The highest BCUT2D eigenvalue weighted by Gasteiger charge is 2.26. The second-order valence-electron chi connectivity index (χ2n) is 5.02. The molecule has 1 amide bonds. The first-order chi connectivity index (χ1) is 9.34. The van der Waals surface area contributed by atoms with E-state index < -0.39 is 0 Å². The molecule has 2 aliphatic rings. The van der Waals surface area contributed by atoms with Crippen molar-refractivity contribution in [3.05, 3.63) is 29.8 Å². The molecule has 0 bridgehead atoms. The van der Waals surface area contributed by atoms with Gasteiger partial charge in [-0.1, -0.05) is 18.2 Å². The van der Waals surface area contributed by atoms with Gasteiger partial charge in [0.2, 0.25) is 5.91 Å². The molecular formula is C15H19NO3. The van der Waals surface area contributed by atoms with Crippen molar-refractivity contribution < 1.29 is 14.3 Å². The number of para-hydroxylation sites is 1. The number of rotatable bonds is 4. The number of fused-ring (bicyclic) bond motifs is 1. The van der Waals surface area contributed by atoms with Crippen LogP contribution in [0.4, 0.5) is 5.69 Å². The van der Waals surface area contributed by atoms with Gasteiger partial charge < -0.3 is 14.4 Å². The molecule has 4 heteroatoms. The highest BCUT2D eigenvalue weighted by Crippen LogP contribution is 2.28. The third kappa shape index (κ3) is 2.80. The predicted molar refractivity (Wildman–Crippen MR) is 72.0 cm³/mol. The molecule has 4 nitrogen and oxygen atoms in total. The number of hydrogen-bond acceptors (Lipinski definition) is 3. The van der Waals surface area contributed by atoms with E-state index in [9.17, 15) is 4.79 Å². The lowest BCUT2D eigenvalue weighted by Gasteiger charge is -2.24. The van der Waals surface area contributed by atoms with E-state index in [0.717, 1.165) is 37.1 Å². The second kappa shape index (κ2) is 5.72. The number of benzene rings is 1. The van der Waals surface area contributed by atoms with Crippen LogP contribution in [0.25, 0.3) is 0 Å². The average molecular weight is 261 g/mol. The molecule has 1 fully saturated rings. The molecular weight excluding hydrogens is 242 g/mol. The van der Waals surface area contributed by atoms with E-state index in [0.29, 0.717) is 19.6 Å². The number of carbonyl (C=O) groups excluding carboxylic acids is 1. The third-order valence-electron chi connectivity index (χ3n) is 3.68. The van der Waals surface area contributed by atoms with Gasteiger partial charge in [-0.15, -0.1) is 0 Å². The van der Waals surface area contributed by atoms with Crippen LogP contribution in [0.2, 0.25) is 0 Å². The van der Waals surface area contributed by atoms with Crippen LogP contribution in [-0.2, 0) is 20.7 Å². The van der Waals surface area contributed by atoms with Gasteiger partial charge in [0.15, 0.2) is 6.29 Å². The monoisotopic (exact) mass is 261 g/mol. The van der Waals surface area contributed by atoms with Gasteiger partial charge in [0.25, 0.3) is 0 Å². The number of carbonyl (C=O) groups is 1. The first-order valence-corrected chi connectivity index (χ1v) is 6.96. The molecule has 1 atom stereocenters. The Kier molecular flexibility index (Phi) is 3.80. The summed E-state index contributed by atoms with van der Waals surface area (Å²) in [6, 6.07) is 7.95. The van der Waals surface area contributed by atoms with Crippen molar-refractivity contribution in [3.63, 3.8) is 0 Å². The van der Waals surface area contributed by atoms with Crippen molar-refractivity contribution in [3.8, 4) is 0 Å². The summed E-state index contributed by atoms with van der Waals surface area (Å²) in [5.41, 5.74) is 2.14.